The van der Waals surface area contributed by atoms with Crippen LogP contribution in [0.25, 0.3) is 6.08 Å². The summed E-state index contributed by atoms with van der Waals surface area (Å²) >= 11 is 0. The highest BCUT2D eigenvalue weighted by Gasteiger charge is 2.09. The molecule has 0 fully saturated rings. The molecule has 0 heterocycles. The lowest BCUT2D eigenvalue weighted by atomic mass is 10.2. The minimum Gasteiger partial charge on any atom is -0.206 e. The standard InChI is InChI=1S/C8H5F3/c1-2-5-6(9)3-4-7(10)8(5)11/h2-4H,1H2. The Morgan fingerprint density at radius 2 is 1.64 bits per heavy atom. The predicted octanol–water partition coefficient (Wildman–Crippen LogP) is 2.75. The summed E-state index contributed by atoms with van der Waals surface area (Å²) in [5.41, 5.74) is -0.426. The van der Waals surface area contributed by atoms with Crippen LogP contribution >= 0.6 is 0 Å². The summed E-state index contributed by atoms with van der Waals surface area (Å²) in [5.74, 6) is -3.07. The third kappa shape index (κ3) is 1.27. The van der Waals surface area contributed by atoms with E-state index in [1.165, 1.54) is 0 Å². The first-order chi connectivity index (χ1) is 5.16. The molecular formula is C8H5F3. The highest BCUT2D eigenvalue weighted by molar-refractivity contribution is 5.48. The molecule has 3 heteroatoms. The summed E-state index contributed by atoms with van der Waals surface area (Å²) in [6.45, 7) is 3.15. The van der Waals surface area contributed by atoms with Gasteiger partial charge in [0.2, 0.25) is 0 Å². The number of hydrogen-bond acceptors (Lipinski definition) is 0. The van der Waals surface area contributed by atoms with Gasteiger partial charge in [0.1, 0.15) is 5.82 Å². The summed E-state index contributed by atoms with van der Waals surface area (Å²) < 4.78 is 37.5. The maximum Gasteiger partial charge on any atom is 0.168 e. The molecule has 0 saturated carbocycles. The first-order valence-electron chi connectivity index (χ1n) is 2.92. The minimum absolute atomic E-state index is 0.426. The lowest BCUT2D eigenvalue weighted by Crippen LogP contribution is -1.91. The fourth-order valence-electron chi connectivity index (χ4n) is 0.730. The second kappa shape index (κ2) is 2.78. The average Bonchev–Trinajstić information content (AvgIpc) is 1.99. The Labute approximate surface area is 62.0 Å². The molecule has 0 aliphatic carbocycles. The van der Waals surface area contributed by atoms with Gasteiger partial charge in [-0.1, -0.05) is 12.7 Å². The van der Waals surface area contributed by atoms with Gasteiger partial charge in [-0.3, -0.25) is 0 Å². The topological polar surface area (TPSA) is 0 Å². The van der Waals surface area contributed by atoms with Crippen LogP contribution in [0.2, 0.25) is 0 Å². The Hall–Kier alpha value is -1.25. The van der Waals surface area contributed by atoms with Crippen molar-refractivity contribution in [2.24, 2.45) is 0 Å². The summed E-state index contributed by atoms with van der Waals surface area (Å²) in [4.78, 5) is 0. The van der Waals surface area contributed by atoms with Crippen LogP contribution < -0.4 is 0 Å². The van der Waals surface area contributed by atoms with E-state index in [1.807, 2.05) is 0 Å². The molecule has 11 heavy (non-hydrogen) atoms. The zero-order chi connectivity index (χ0) is 8.43. The molecule has 0 atom stereocenters. The maximum atomic E-state index is 12.6. The molecule has 58 valence electrons. The molecular weight excluding hydrogens is 153 g/mol. The Kier molecular flexibility index (Phi) is 1.98. The molecule has 1 aromatic carbocycles. The maximum absolute atomic E-state index is 12.6. The van der Waals surface area contributed by atoms with Crippen LogP contribution in [0.3, 0.4) is 0 Å². The molecule has 0 amide bonds. The third-order valence-corrected chi connectivity index (χ3v) is 1.28. The highest BCUT2D eigenvalue weighted by Crippen LogP contribution is 2.16. The minimum atomic E-state index is -1.19. The van der Waals surface area contributed by atoms with Gasteiger partial charge in [0.15, 0.2) is 11.6 Å². The van der Waals surface area contributed by atoms with Gasteiger partial charge in [0.05, 0.1) is 0 Å². The van der Waals surface area contributed by atoms with Crippen molar-refractivity contribution in [2.75, 3.05) is 0 Å². The van der Waals surface area contributed by atoms with E-state index in [0.29, 0.717) is 0 Å². The predicted molar refractivity (Wildman–Crippen MR) is 36.4 cm³/mol. The second-order valence-electron chi connectivity index (χ2n) is 1.96. The summed E-state index contributed by atoms with van der Waals surface area (Å²) in [6, 6.07) is 1.59. The van der Waals surface area contributed by atoms with E-state index >= 15 is 0 Å². The Balaban J connectivity index is 3.40. The van der Waals surface area contributed by atoms with Crippen molar-refractivity contribution in [1.29, 1.82) is 0 Å². The zero-order valence-electron chi connectivity index (χ0n) is 5.57. The van der Waals surface area contributed by atoms with Crippen LogP contribution in [0, 0.1) is 17.5 Å². The van der Waals surface area contributed by atoms with Crippen molar-refractivity contribution in [3.63, 3.8) is 0 Å². The molecule has 0 aliphatic rings. The van der Waals surface area contributed by atoms with Crippen molar-refractivity contribution in [2.45, 2.75) is 0 Å². The van der Waals surface area contributed by atoms with Crippen LogP contribution in [0.5, 0.6) is 0 Å². The van der Waals surface area contributed by atoms with Crippen molar-refractivity contribution < 1.29 is 13.2 Å². The van der Waals surface area contributed by atoms with Gasteiger partial charge in [-0.05, 0) is 12.1 Å². The molecule has 0 unspecified atom stereocenters. The molecule has 0 nitrogen and oxygen atoms in total. The Morgan fingerprint density at radius 1 is 1.09 bits per heavy atom. The van der Waals surface area contributed by atoms with Gasteiger partial charge in [-0.2, -0.15) is 0 Å². The van der Waals surface area contributed by atoms with Crippen LogP contribution in [0.15, 0.2) is 18.7 Å². The fourth-order valence-corrected chi connectivity index (χ4v) is 0.730. The summed E-state index contributed by atoms with van der Waals surface area (Å²) in [7, 11) is 0. The average molecular weight is 158 g/mol. The zero-order valence-corrected chi connectivity index (χ0v) is 5.57. The van der Waals surface area contributed by atoms with Crippen LogP contribution in [-0.2, 0) is 0 Å². The molecule has 1 rings (SSSR count). The molecule has 0 aromatic heterocycles. The molecule has 0 N–H and O–H groups in total. The van der Waals surface area contributed by atoms with Crippen LogP contribution in [0.1, 0.15) is 5.56 Å². The number of rotatable bonds is 1. The van der Waals surface area contributed by atoms with E-state index in [2.05, 4.69) is 6.58 Å². The van der Waals surface area contributed by atoms with Crippen molar-refractivity contribution in [3.8, 4) is 0 Å². The quantitative estimate of drug-likeness (QED) is 0.551. The molecule has 0 saturated heterocycles. The van der Waals surface area contributed by atoms with Gasteiger partial charge in [0, 0.05) is 5.56 Å². The fraction of sp³-hybridized carbons (Fsp3) is 0. The first kappa shape index (κ1) is 7.85. The van der Waals surface area contributed by atoms with Gasteiger partial charge >= 0.3 is 0 Å². The van der Waals surface area contributed by atoms with Crippen molar-refractivity contribution in [1.82, 2.24) is 0 Å². The van der Waals surface area contributed by atoms with Crippen LogP contribution in [-0.4, -0.2) is 0 Å². The van der Waals surface area contributed by atoms with E-state index in [0.717, 1.165) is 18.2 Å². The Morgan fingerprint density at radius 3 is 2.09 bits per heavy atom. The summed E-state index contributed by atoms with van der Waals surface area (Å²) in [6.07, 6.45) is 0.938. The van der Waals surface area contributed by atoms with E-state index in [1.54, 1.807) is 0 Å². The number of halogens is 3. The van der Waals surface area contributed by atoms with Gasteiger partial charge in [-0.15, -0.1) is 0 Å². The van der Waals surface area contributed by atoms with Gasteiger partial charge in [-0.25, -0.2) is 13.2 Å². The lowest BCUT2D eigenvalue weighted by Gasteiger charge is -1.98. The third-order valence-electron chi connectivity index (χ3n) is 1.28. The lowest BCUT2D eigenvalue weighted by molar-refractivity contribution is 0.492. The second-order valence-corrected chi connectivity index (χ2v) is 1.96. The first-order valence-corrected chi connectivity index (χ1v) is 2.92. The summed E-state index contributed by atoms with van der Waals surface area (Å²) in [5, 5.41) is 0. The smallest absolute Gasteiger partial charge is 0.168 e. The molecule has 0 bridgehead atoms. The van der Waals surface area contributed by atoms with Gasteiger partial charge in [0.25, 0.3) is 0 Å². The Bertz CT molecular complexity index is 292. The molecule has 1 aromatic rings. The molecule has 0 spiro atoms. The van der Waals surface area contributed by atoms with E-state index < -0.39 is 23.0 Å². The molecule has 0 radical (unpaired) electrons. The van der Waals surface area contributed by atoms with E-state index in [4.69, 9.17) is 0 Å². The monoisotopic (exact) mass is 158 g/mol. The van der Waals surface area contributed by atoms with E-state index in [9.17, 15) is 13.2 Å². The highest BCUT2D eigenvalue weighted by atomic mass is 19.2. The molecule has 0 aliphatic heterocycles. The largest absolute Gasteiger partial charge is 0.206 e. The SMILES string of the molecule is C=Cc1c(F)ccc(F)c1F. The van der Waals surface area contributed by atoms with Crippen molar-refractivity contribution in [3.05, 3.63) is 41.7 Å². The normalized spacial score (nSPS) is 9.73. The van der Waals surface area contributed by atoms with Crippen LogP contribution in [0.4, 0.5) is 13.2 Å². The number of hydrogen-bond donors (Lipinski definition) is 0. The van der Waals surface area contributed by atoms with E-state index in [-0.39, 0.29) is 0 Å². The number of benzene rings is 1. The van der Waals surface area contributed by atoms with Crippen molar-refractivity contribution >= 4 is 6.08 Å². The van der Waals surface area contributed by atoms with Gasteiger partial charge < -0.3 is 0 Å².